The molecule has 4 N–H and O–H groups in total. The number of fused-ring (bicyclic) bond motifs is 1. The van der Waals surface area contributed by atoms with E-state index in [0.717, 1.165) is 48.6 Å². The van der Waals surface area contributed by atoms with Gasteiger partial charge in [-0.1, -0.05) is 0 Å². The normalized spacial score (nSPS) is 13.6. The molecule has 6 heteroatoms. The van der Waals surface area contributed by atoms with Crippen LogP contribution < -0.4 is 16.4 Å². The van der Waals surface area contributed by atoms with Gasteiger partial charge in [-0.15, -0.1) is 0 Å². The second kappa shape index (κ2) is 5.87. The number of anilines is 3. The molecule has 110 valence electrons. The molecule has 0 radical (unpaired) electrons. The number of aryl methyl sites for hydroxylation is 2. The first kappa shape index (κ1) is 13.5. The first-order valence-corrected chi connectivity index (χ1v) is 7.16. The Kier molecular flexibility index (Phi) is 3.77. The van der Waals surface area contributed by atoms with Gasteiger partial charge >= 0.3 is 0 Å². The average molecular weight is 285 g/mol. The van der Waals surface area contributed by atoms with Gasteiger partial charge in [-0.3, -0.25) is 9.48 Å². The highest BCUT2D eigenvalue weighted by atomic mass is 16.1. The third-order valence-corrected chi connectivity index (χ3v) is 3.61. The zero-order valence-electron chi connectivity index (χ0n) is 11.8. The summed E-state index contributed by atoms with van der Waals surface area (Å²) >= 11 is 0. The molecule has 1 aromatic carbocycles. The summed E-state index contributed by atoms with van der Waals surface area (Å²) in [5.41, 5.74) is 9.64. The molecule has 0 bridgehead atoms. The molecule has 1 aliphatic rings. The number of nitrogen functional groups attached to an aromatic ring is 1. The van der Waals surface area contributed by atoms with Gasteiger partial charge in [0.1, 0.15) is 0 Å². The van der Waals surface area contributed by atoms with Gasteiger partial charge in [0, 0.05) is 37.6 Å². The van der Waals surface area contributed by atoms with Gasteiger partial charge in [0.05, 0.1) is 11.4 Å². The smallest absolute Gasteiger partial charge is 0.224 e. The Balaban J connectivity index is 1.60. The number of nitrogens with one attached hydrogen (secondary N) is 2. The molecule has 2 heterocycles. The minimum absolute atomic E-state index is 0.0666. The van der Waals surface area contributed by atoms with Crippen LogP contribution in [0.3, 0.4) is 0 Å². The van der Waals surface area contributed by atoms with Crippen LogP contribution in [-0.4, -0.2) is 22.2 Å². The SMILES string of the molecule is Nc1cc2c(cc1NCCCn1cccn1)NC(=O)CC2. The van der Waals surface area contributed by atoms with Crippen molar-refractivity contribution >= 4 is 23.0 Å². The van der Waals surface area contributed by atoms with Gasteiger partial charge in [0.2, 0.25) is 5.91 Å². The summed E-state index contributed by atoms with van der Waals surface area (Å²) in [6, 6.07) is 5.79. The molecule has 0 fully saturated rings. The van der Waals surface area contributed by atoms with Crippen LogP contribution in [0, 0.1) is 0 Å². The van der Waals surface area contributed by atoms with Crippen LogP contribution in [0.4, 0.5) is 17.1 Å². The zero-order chi connectivity index (χ0) is 14.7. The van der Waals surface area contributed by atoms with E-state index >= 15 is 0 Å². The van der Waals surface area contributed by atoms with Gasteiger partial charge in [-0.25, -0.2) is 0 Å². The fourth-order valence-corrected chi connectivity index (χ4v) is 2.50. The predicted octanol–water partition coefficient (Wildman–Crippen LogP) is 1.85. The molecule has 3 rings (SSSR count). The lowest BCUT2D eigenvalue weighted by Crippen LogP contribution is -2.19. The summed E-state index contributed by atoms with van der Waals surface area (Å²) in [5.74, 6) is 0.0666. The Morgan fingerprint density at radius 2 is 2.29 bits per heavy atom. The van der Waals surface area contributed by atoms with E-state index in [9.17, 15) is 4.79 Å². The predicted molar refractivity (Wildman–Crippen MR) is 83.1 cm³/mol. The minimum Gasteiger partial charge on any atom is -0.397 e. The molecule has 0 saturated carbocycles. The molecule has 1 aromatic heterocycles. The Bertz CT molecular complexity index is 636. The number of amides is 1. The van der Waals surface area contributed by atoms with Gasteiger partial charge in [-0.05, 0) is 36.6 Å². The number of carbonyl (C=O) groups excluding carboxylic acids is 1. The molecule has 0 spiro atoms. The number of carbonyl (C=O) groups is 1. The standard InChI is InChI=1S/C15H19N5O/c16-12-9-11-3-4-15(21)19-13(11)10-14(12)17-5-1-7-20-8-2-6-18-20/h2,6,8-10,17H,1,3-5,7,16H2,(H,19,21). The van der Waals surface area contributed by atoms with Gasteiger partial charge in [-0.2, -0.15) is 5.10 Å². The highest BCUT2D eigenvalue weighted by Crippen LogP contribution is 2.30. The summed E-state index contributed by atoms with van der Waals surface area (Å²) in [7, 11) is 0. The van der Waals surface area contributed by atoms with E-state index in [2.05, 4.69) is 15.7 Å². The maximum Gasteiger partial charge on any atom is 0.224 e. The van der Waals surface area contributed by atoms with Crippen molar-refractivity contribution in [1.82, 2.24) is 9.78 Å². The van der Waals surface area contributed by atoms with E-state index in [1.807, 2.05) is 29.1 Å². The van der Waals surface area contributed by atoms with Crippen molar-refractivity contribution in [3.8, 4) is 0 Å². The van der Waals surface area contributed by atoms with Crippen molar-refractivity contribution in [3.63, 3.8) is 0 Å². The van der Waals surface area contributed by atoms with Crippen molar-refractivity contribution in [2.45, 2.75) is 25.8 Å². The van der Waals surface area contributed by atoms with E-state index in [-0.39, 0.29) is 5.91 Å². The Morgan fingerprint density at radius 3 is 3.10 bits per heavy atom. The topological polar surface area (TPSA) is 85.0 Å². The van der Waals surface area contributed by atoms with E-state index in [1.165, 1.54) is 0 Å². The van der Waals surface area contributed by atoms with Crippen LogP contribution in [0.1, 0.15) is 18.4 Å². The number of hydrogen-bond acceptors (Lipinski definition) is 4. The van der Waals surface area contributed by atoms with Crippen LogP contribution >= 0.6 is 0 Å². The van der Waals surface area contributed by atoms with Gasteiger partial charge in [0.15, 0.2) is 0 Å². The number of aromatic nitrogens is 2. The average Bonchev–Trinajstić information content (AvgIpc) is 2.97. The van der Waals surface area contributed by atoms with Crippen molar-refractivity contribution in [2.75, 3.05) is 22.9 Å². The molecule has 21 heavy (non-hydrogen) atoms. The Hall–Kier alpha value is -2.50. The molecule has 0 saturated heterocycles. The fourth-order valence-electron chi connectivity index (χ4n) is 2.50. The summed E-state index contributed by atoms with van der Waals surface area (Å²) in [4.78, 5) is 11.4. The molecule has 1 amide bonds. The summed E-state index contributed by atoms with van der Waals surface area (Å²) < 4.78 is 1.90. The molecular formula is C15H19N5O. The molecule has 0 unspecified atom stereocenters. The quantitative estimate of drug-likeness (QED) is 0.578. The highest BCUT2D eigenvalue weighted by Gasteiger charge is 2.16. The van der Waals surface area contributed by atoms with Crippen LogP contribution in [-0.2, 0) is 17.8 Å². The van der Waals surface area contributed by atoms with Crippen LogP contribution in [0.2, 0.25) is 0 Å². The molecule has 0 atom stereocenters. The number of benzene rings is 1. The monoisotopic (exact) mass is 285 g/mol. The van der Waals surface area contributed by atoms with Crippen LogP contribution in [0.5, 0.6) is 0 Å². The van der Waals surface area contributed by atoms with Crippen molar-refractivity contribution in [3.05, 3.63) is 36.2 Å². The second-order valence-corrected chi connectivity index (χ2v) is 5.19. The fraction of sp³-hybridized carbons (Fsp3) is 0.333. The third-order valence-electron chi connectivity index (χ3n) is 3.61. The van der Waals surface area contributed by atoms with E-state index in [0.29, 0.717) is 6.42 Å². The largest absolute Gasteiger partial charge is 0.397 e. The lowest BCUT2D eigenvalue weighted by Gasteiger charge is -2.19. The highest BCUT2D eigenvalue weighted by molar-refractivity contribution is 5.95. The van der Waals surface area contributed by atoms with Crippen LogP contribution in [0.25, 0.3) is 0 Å². The summed E-state index contributed by atoms with van der Waals surface area (Å²) in [5, 5.41) is 10.4. The van der Waals surface area contributed by atoms with Gasteiger partial charge < -0.3 is 16.4 Å². The molecular weight excluding hydrogens is 266 g/mol. The van der Waals surface area contributed by atoms with Gasteiger partial charge in [0.25, 0.3) is 0 Å². The van der Waals surface area contributed by atoms with Crippen molar-refractivity contribution in [1.29, 1.82) is 0 Å². The van der Waals surface area contributed by atoms with Crippen LogP contribution in [0.15, 0.2) is 30.6 Å². The van der Waals surface area contributed by atoms with E-state index in [4.69, 9.17) is 5.73 Å². The molecule has 6 nitrogen and oxygen atoms in total. The maximum absolute atomic E-state index is 11.4. The summed E-state index contributed by atoms with van der Waals surface area (Å²) in [6.07, 6.45) is 5.96. The molecule has 0 aliphatic carbocycles. The number of nitrogens with zero attached hydrogens (tertiary/aromatic N) is 2. The first-order chi connectivity index (χ1) is 10.2. The minimum atomic E-state index is 0.0666. The third kappa shape index (κ3) is 3.16. The number of rotatable bonds is 5. The lowest BCUT2D eigenvalue weighted by molar-refractivity contribution is -0.116. The second-order valence-electron chi connectivity index (χ2n) is 5.19. The molecule has 2 aromatic rings. The van der Waals surface area contributed by atoms with E-state index in [1.54, 1.807) is 6.20 Å². The van der Waals surface area contributed by atoms with E-state index < -0.39 is 0 Å². The van der Waals surface area contributed by atoms with Crippen molar-refractivity contribution < 1.29 is 4.79 Å². The van der Waals surface area contributed by atoms with Crippen molar-refractivity contribution in [2.24, 2.45) is 0 Å². The molecule has 1 aliphatic heterocycles. The Morgan fingerprint density at radius 1 is 1.38 bits per heavy atom. The number of nitrogens with two attached hydrogens (primary N) is 1. The number of hydrogen-bond donors (Lipinski definition) is 3. The maximum atomic E-state index is 11.4. The zero-order valence-corrected chi connectivity index (χ0v) is 11.8. The lowest BCUT2D eigenvalue weighted by atomic mass is 10.0. The first-order valence-electron chi connectivity index (χ1n) is 7.16. The Labute approximate surface area is 123 Å². The summed E-state index contributed by atoms with van der Waals surface area (Å²) in [6.45, 7) is 1.67.